The highest BCUT2D eigenvalue weighted by atomic mass is 32.2. The first-order valence-electron chi connectivity index (χ1n) is 7.41. The van der Waals surface area contributed by atoms with E-state index in [4.69, 9.17) is 9.47 Å². The van der Waals surface area contributed by atoms with E-state index < -0.39 is 15.9 Å². The Balaban J connectivity index is 1.82. The molecule has 7 nitrogen and oxygen atoms in total. The highest BCUT2D eigenvalue weighted by Gasteiger charge is 2.22. The Morgan fingerprint density at radius 3 is 2.75 bits per heavy atom. The van der Waals surface area contributed by atoms with E-state index in [-0.39, 0.29) is 9.77 Å². The zero-order chi connectivity index (χ0) is 17.2. The number of amides is 1. The molecule has 1 aliphatic rings. The lowest BCUT2D eigenvalue weighted by molar-refractivity contribution is 0.0985. The molecule has 24 heavy (non-hydrogen) atoms. The van der Waals surface area contributed by atoms with Crippen LogP contribution in [-0.2, 0) is 16.4 Å². The van der Waals surface area contributed by atoms with Crippen molar-refractivity contribution in [3.05, 3.63) is 34.3 Å². The monoisotopic (exact) mass is 368 g/mol. The minimum Gasteiger partial charge on any atom is -0.490 e. The summed E-state index contributed by atoms with van der Waals surface area (Å²) in [5.74, 6) is 0.154. The van der Waals surface area contributed by atoms with Crippen LogP contribution in [0.15, 0.2) is 29.3 Å². The van der Waals surface area contributed by atoms with Crippen LogP contribution in [0, 0.1) is 0 Å². The van der Waals surface area contributed by atoms with E-state index in [1.165, 1.54) is 35.7 Å². The third-order valence-electron chi connectivity index (χ3n) is 3.34. The molecule has 9 heteroatoms. The Labute approximate surface area is 143 Å². The van der Waals surface area contributed by atoms with Crippen molar-refractivity contribution in [3.8, 4) is 11.5 Å². The molecule has 128 valence electrons. The van der Waals surface area contributed by atoms with Crippen molar-refractivity contribution in [2.75, 3.05) is 13.2 Å². The van der Waals surface area contributed by atoms with Gasteiger partial charge in [-0.05, 0) is 18.6 Å². The van der Waals surface area contributed by atoms with Crippen molar-refractivity contribution in [3.63, 3.8) is 0 Å². The number of ether oxygens (including phenoxy) is 2. The number of benzene rings is 1. The molecule has 0 bridgehead atoms. The van der Waals surface area contributed by atoms with Crippen LogP contribution in [0.4, 0.5) is 0 Å². The second-order valence-corrected chi connectivity index (χ2v) is 7.86. The molecule has 1 amide bonds. The fraction of sp³-hybridized carbons (Fsp3) is 0.333. The molecule has 0 unspecified atom stereocenters. The predicted octanol–water partition coefficient (Wildman–Crippen LogP) is 1.99. The van der Waals surface area contributed by atoms with Crippen LogP contribution in [0.3, 0.4) is 0 Å². The van der Waals surface area contributed by atoms with Crippen LogP contribution < -0.4 is 14.2 Å². The van der Waals surface area contributed by atoms with E-state index >= 15 is 0 Å². The number of hydrogen-bond donors (Lipinski definition) is 1. The summed E-state index contributed by atoms with van der Waals surface area (Å²) >= 11 is 1.17. The van der Waals surface area contributed by atoms with E-state index in [0.29, 0.717) is 31.1 Å². The van der Waals surface area contributed by atoms with Crippen LogP contribution in [0.2, 0.25) is 0 Å². The summed E-state index contributed by atoms with van der Waals surface area (Å²) in [5, 5.41) is 0.771. The molecule has 1 aliphatic heterocycles. The van der Waals surface area contributed by atoms with Crippen LogP contribution in [0.25, 0.3) is 0 Å². The average molecular weight is 368 g/mol. The van der Waals surface area contributed by atoms with Crippen molar-refractivity contribution in [2.45, 2.75) is 24.7 Å². The lowest BCUT2D eigenvalue weighted by Crippen LogP contribution is -2.30. The van der Waals surface area contributed by atoms with Gasteiger partial charge in [0.2, 0.25) is 0 Å². The third kappa shape index (κ3) is 3.51. The topological polar surface area (TPSA) is 94.6 Å². The van der Waals surface area contributed by atoms with E-state index in [1.54, 1.807) is 0 Å². The largest absolute Gasteiger partial charge is 0.490 e. The molecule has 0 saturated carbocycles. The smallest absolute Gasteiger partial charge is 0.276 e. The Bertz CT molecular complexity index is 860. The van der Waals surface area contributed by atoms with Gasteiger partial charge < -0.3 is 9.47 Å². The van der Waals surface area contributed by atoms with Gasteiger partial charge in [-0.25, -0.2) is 18.1 Å². The van der Waals surface area contributed by atoms with E-state index in [0.717, 1.165) is 11.4 Å². The Kier molecular flexibility index (Phi) is 4.72. The summed E-state index contributed by atoms with van der Waals surface area (Å²) in [6.07, 6.45) is 2.79. The molecule has 2 heterocycles. The summed E-state index contributed by atoms with van der Waals surface area (Å²) in [6.45, 7) is 2.87. The second kappa shape index (κ2) is 6.78. The van der Waals surface area contributed by atoms with Gasteiger partial charge in [-0.2, -0.15) is 0 Å². The molecule has 0 radical (unpaired) electrons. The van der Waals surface area contributed by atoms with Crippen LogP contribution in [0.1, 0.15) is 28.0 Å². The van der Waals surface area contributed by atoms with Gasteiger partial charge >= 0.3 is 0 Å². The number of sulfonamides is 1. The molecule has 3 rings (SSSR count). The summed E-state index contributed by atoms with van der Waals surface area (Å²) in [4.78, 5) is 16.4. The van der Waals surface area contributed by atoms with Crippen molar-refractivity contribution < 1.29 is 22.7 Å². The lowest BCUT2D eigenvalue weighted by atomic mass is 10.3. The van der Waals surface area contributed by atoms with Gasteiger partial charge in [-0.1, -0.05) is 6.92 Å². The summed E-state index contributed by atoms with van der Waals surface area (Å²) in [6, 6.07) is 4.27. The fourth-order valence-electron chi connectivity index (χ4n) is 2.12. The molecule has 0 saturated heterocycles. The quantitative estimate of drug-likeness (QED) is 0.887. The zero-order valence-corrected chi connectivity index (χ0v) is 14.6. The molecular formula is C15H16N2O5S2. The maximum absolute atomic E-state index is 12.4. The summed E-state index contributed by atoms with van der Waals surface area (Å²) < 4.78 is 37.8. The molecule has 1 N–H and O–H groups in total. The molecular weight excluding hydrogens is 352 g/mol. The number of nitrogens with zero attached hydrogens (tertiary/aromatic N) is 1. The number of aromatic nitrogens is 1. The van der Waals surface area contributed by atoms with Gasteiger partial charge in [-0.3, -0.25) is 4.79 Å². The van der Waals surface area contributed by atoms with Crippen molar-refractivity contribution in [1.29, 1.82) is 0 Å². The van der Waals surface area contributed by atoms with Crippen LogP contribution >= 0.6 is 11.3 Å². The maximum Gasteiger partial charge on any atom is 0.276 e. The minimum absolute atomic E-state index is 0.0552. The van der Waals surface area contributed by atoms with Crippen LogP contribution in [-0.4, -0.2) is 32.5 Å². The van der Waals surface area contributed by atoms with Crippen molar-refractivity contribution >= 4 is 27.3 Å². The maximum atomic E-state index is 12.4. The SMILES string of the molecule is CCc1ncc(C(=O)NS(=O)(=O)c2ccc3c(c2)OCCCO3)s1. The van der Waals surface area contributed by atoms with Gasteiger partial charge in [-0.15, -0.1) is 11.3 Å². The number of thiazole rings is 1. The molecule has 0 fully saturated rings. The first kappa shape index (κ1) is 16.7. The summed E-state index contributed by atoms with van der Waals surface area (Å²) in [5.41, 5.74) is 0. The average Bonchev–Trinajstić information content (AvgIpc) is 2.92. The van der Waals surface area contributed by atoms with E-state index in [1.807, 2.05) is 6.92 Å². The first-order valence-corrected chi connectivity index (χ1v) is 9.71. The number of aryl methyl sites for hydroxylation is 1. The first-order chi connectivity index (χ1) is 11.5. The van der Waals surface area contributed by atoms with Crippen molar-refractivity contribution in [1.82, 2.24) is 9.71 Å². The fourth-order valence-corrected chi connectivity index (χ4v) is 3.92. The van der Waals surface area contributed by atoms with Gasteiger partial charge in [0.05, 0.1) is 29.3 Å². The van der Waals surface area contributed by atoms with Gasteiger partial charge in [0.1, 0.15) is 4.88 Å². The van der Waals surface area contributed by atoms with E-state index in [2.05, 4.69) is 9.71 Å². The molecule has 1 aromatic heterocycles. The number of hydrogen-bond acceptors (Lipinski definition) is 7. The molecule has 0 aliphatic carbocycles. The number of fused-ring (bicyclic) bond motifs is 1. The van der Waals surface area contributed by atoms with Crippen LogP contribution in [0.5, 0.6) is 11.5 Å². The number of nitrogens with one attached hydrogen (secondary N) is 1. The minimum atomic E-state index is -4.01. The lowest BCUT2D eigenvalue weighted by Gasteiger charge is -2.10. The Hall–Kier alpha value is -2.13. The predicted molar refractivity (Wildman–Crippen MR) is 88.2 cm³/mol. The summed E-state index contributed by atoms with van der Waals surface area (Å²) in [7, 11) is -4.01. The Morgan fingerprint density at radius 2 is 2.04 bits per heavy atom. The molecule has 0 atom stereocenters. The zero-order valence-electron chi connectivity index (χ0n) is 12.9. The highest BCUT2D eigenvalue weighted by Crippen LogP contribution is 2.31. The van der Waals surface area contributed by atoms with Crippen molar-refractivity contribution in [2.24, 2.45) is 0 Å². The number of carbonyl (C=O) groups is 1. The molecule has 1 aromatic carbocycles. The molecule has 2 aromatic rings. The standard InChI is InChI=1S/C15H16N2O5S2/c1-2-14-16-9-13(23-14)15(18)17-24(19,20)10-4-5-11-12(8-10)22-7-3-6-21-11/h4-5,8-9H,2-3,6-7H2,1H3,(H,17,18). The second-order valence-electron chi connectivity index (χ2n) is 5.07. The van der Waals surface area contributed by atoms with Gasteiger partial charge in [0.25, 0.3) is 15.9 Å². The normalized spacial score (nSPS) is 14.0. The van der Waals surface area contributed by atoms with Gasteiger partial charge in [0, 0.05) is 12.5 Å². The highest BCUT2D eigenvalue weighted by molar-refractivity contribution is 7.90. The number of rotatable bonds is 4. The molecule has 0 spiro atoms. The number of carbonyl (C=O) groups excluding carboxylic acids is 1. The Morgan fingerprint density at radius 1 is 1.29 bits per heavy atom. The van der Waals surface area contributed by atoms with E-state index in [9.17, 15) is 13.2 Å². The van der Waals surface area contributed by atoms with Gasteiger partial charge in [0.15, 0.2) is 11.5 Å². The third-order valence-corrected chi connectivity index (χ3v) is 5.81.